The van der Waals surface area contributed by atoms with Gasteiger partial charge in [-0.2, -0.15) is 0 Å². The molecule has 2 rings (SSSR count). The molecule has 2 amide bonds. The van der Waals surface area contributed by atoms with Crippen molar-refractivity contribution in [1.82, 2.24) is 5.32 Å². The van der Waals surface area contributed by atoms with E-state index in [1.165, 1.54) is 0 Å². The molecule has 0 atom stereocenters. The van der Waals surface area contributed by atoms with Crippen molar-refractivity contribution in [1.29, 1.82) is 0 Å². The summed E-state index contributed by atoms with van der Waals surface area (Å²) in [5.74, 6) is 0.394. The third kappa shape index (κ3) is 4.84. The molecule has 0 aliphatic carbocycles. The summed E-state index contributed by atoms with van der Waals surface area (Å²) in [5, 5.41) is 5.63. The number of rotatable bonds is 7. The molecule has 0 aliphatic heterocycles. The number of carbonyl (C=O) groups is 2. The lowest BCUT2D eigenvalue weighted by Gasteiger charge is -2.11. The van der Waals surface area contributed by atoms with Crippen molar-refractivity contribution in [3.05, 3.63) is 59.7 Å². The predicted molar refractivity (Wildman–Crippen MR) is 94.4 cm³/mol. The SMILES string of the molecule is CCCNC(=O)c1ccccc1NC(=O)Cc1ccc(OC)cc1. The molecule has 2 N–H and O–H groups in total. The second-order valence-corrected chi connectivity index (χ2v) is 5.37. The average Bonchev–Trinajstić information content (AvgIpc) is 2.60. The van der Waals surface area contributed by atoms with E-state index in [4.69, 9.17) is 4.74 Å². The molecular formula is C19H22N2O3. The molecule has 5 nitrogen and oxygen atoms in total. The van der Waals surface area contributed by atoms with Crippen LogP contribution in [0.25, 0.3) is 0 Å². The molecule has 126 valence electrons. The van der Waals surface area contributed by atoms with Crippen LogP contribution in [0, 0.1) is 0 Å². The molecule has 0 aliphatic rings. The molecule has 0 heterocycles. The van der Waals surface area contributed by atoms with Gasteiger partial charge >= 0.3 is 0 Å². The first kappa shape index (κ1) is 17.5. The number of nitrogens with one attached hydrogen (secondary N) is 2. The molecule has 0 unspecified atom stereocenters. The fraction of sp³-hybridized carbons (Fsp3) is 0.263. The van der Waals surface area contributed by atoms with Crippen LogP contribution in [0.3, 0.4) is 0 Å². The number of para-hydroxylation sites is 1. The first-order valence-corrected chi connectivity index (χ1v) is 7.94. The zero-order valence-corrected chi connectivity index (χ0v) is 14.0. The van der Waals surface area contributed by atoms with Gasteiger partial charge in [0.05, 0.1) is 24.8 Å². The van der Waals surface area contributed by atoms with E-state index in [1.54, 1.807) is 31.4 Å². The maximum Gasteiger partial charge on any atom is 0.253 e. The first-order valence-electron chi connectivity index (χ1n) is 7.94. The standard InChI is InChI=1S/C19H22N2O3/c1-3-12-20-19(23)16-6-4-5-7-17(16)21-18(22)13-14-8-10-15(24-2)11-9-14/h4-11H,3,12-13H2,1-2H3,(H,20,23)(H,21,22). The van der Waals surface area contributed by atoms with Gasteiger partial charge in [0.25, 0.3) is 5.91 Å². The number of benzene rings is 2. The Bertz CT molecular complexity index is 696. The number of amides is 2. The van der Waals surface area contributed by atoms with E-state index in [1.807, 2.05) is 31.2 Å². The molecule has 2 aromatic carbocycles. The number of anilines is 1. The Labute approximate surface area is 142 Å². The van der Waals surface area contributed by atoms with E-state index in [2.05, 4.69) is 10.6 Å². The van der Waals surface area contributed by atoms with E-state index < -0.39 is 0 Å². The van der Waals surface area contributed by atoms with E-state index in [9.17, 15) is 9.59 Å². The summed E-state index contributed by atoms with van der Waals surface area (Å²) in [4.78, 5) is 24.4. The highest BCUT2D eigenvalue weighted by molar-refractivity contribution is 6.04. The lowest BCUT2D eigenvalue weighted by molar-refractivity contribution is -0.115. The van der Waals surface area contributed by atoms with Gasteiger partial charge in [-0.05, 0) is 36.2 Å². The topological polar surface area (TPSA) is 67.4 Å². The Morgan fingerprint density at radius 1 is 1.04 bits per heavy atom. The maximum atomic E-state index is 12.3. The molecule has 0 spiro atoms. The van der Waals surface area contributed by atoms with E-state index >= 15 is 0 Å². The summed E-state index contributed by atoms with van der Waals surface area (Å²) in [6.07, 6.45) is 1.09. The third-order valence-electron chi connectivity index (χ3n) is 3.51. The van der Waals surface area contributed by atoms with Crippen LogP contribution in [0.4, 0.5) is 5.69 Å². The Balaban J connectivity index is 2.04. The second kappa shape index (κ2) is 8.72. The van der Waals surface area contributed by atoms with E-state index in [0.29, 0.717) is 17.8 Å². The number of methoxy groups -OCH3 is 1. The largest absolute Gasteiger partial charge is 0.497 e. The third-order valence-corrected chi connectivity index (χ3v) is 3.51. The molecule has 0 bridgehead atoms. The zero-order chi connectivity index (χ0) is 17.4. The lowest BCUT2D eigenvalue weighted by Crippen LogP contribution is -2.26. The molecule has 0 fully saturated rings. The molecule has 0 saturated heterocycles. The molecular weight excluding hydrogens is 304 g/mol. The van der Waals surface area contributed by atoms with Gasteiger partial charge in [-0.25, -0.2) is 0 Å². The highest BCUT2D eigenvalue weighted by Crippen LogP contribution is 2.16. The van der Waals surface area contributed by atoms with E-state index in [-0.39, 0.29) is 18.2 Å². The Hall–Kier alpha value is -2.82. The molecule has 2 aromatic rings. The molecule has 5 heteroatoms. The maximum absolute atomic E-state index is 12.3. The highest BCUT2D eigenvalue weighted by atomic mass is 16.5. The number of hydrogen-bond donors (Lipinski definition) is 2. The summed E-state index contributed by atoms with van der Waals surface area (Å²) in [5.41, 5.74) is 1.86. The van der Waals surface area contributed by atoms with Crippen molar-refractivity contribution >= 4 is 17.5 Å². The molecule has 0 radical (unpaired) electrons. The van der Waals surface area contributed by atoms with Crippen LogP contribution in [0.2, 0.25) is 0 Å². The van der Waals surface area contributed by atoms with Crippen molar-refractivity contribution in [3.8, 4) is 5.75 Å². The van der Waals surface area contributed by atoms with Gasteiger partial charge in [0.15, 0.2) is 0 Å². The summed E-state index contributed by atoms with van der Waals surface area (Å²) < 4.78 is 5.10. The molecule has 0 saturated carbocycles. The van der Waals surface area contributed by atoms with Crippen molar-refractivity contribution in [2.75, 3.05) is 19.0 Å². The van der Waals surface area contributed by atoms with Crippen LogP contribution >= 0.6 is 0 Å². The predicted octanol–water partition coefficient (Wildman–Crippen LogP) is 3.02. The van der Waals surface area contributed by atoms with Crippen molar-refractivity contribution < 1.29 is 14.3 Å². The first-order chi connectivity index (χ1) is 11.6. The van der Waals surface area contributed by atoms with Crippen LogP contribution in [0.15, 0.2) is 48.5 Å². The summed E-state index contributed by atoms with van der Waals surface area (Å²) in [6.45, 7) is 2.59. The lowest BCUT2D eigenvalue weighted by atomic mass is 10.1. The fourth-order valence-electron chi connectivity index (χ4n) is 2.25. The quantitative estimate of drug-likeness (QED) is 0.822. The van der Waals surface area contributed by atoms with Crippen LogP contribution in [0.5, 0.6) is 5.75 Å². The fourth-order valence-corrected chi connectivity index (χ4v) is 2.25. The minimum atomic E-state index is -0.183. The van der Waals surface area contributed by atoms with Gasteiger partial charge in [0.1, 0.15) is 5.75 Å². The normalized spacial score (nSPS) is 10.1. The second-order valence-electron chi connectivity index (χ2n) is 5.37. The Morgan fingerprint density at radius 2 is 1.75 bits per heavy atom. The van der Waals surface area contributed by atoms with Crippen LogP contribution in [-0.4, -0.2) is 25.5 Å². The van der Waals surface area contributed by atoms with E-state index in [0.717, 1.165) is 17.7 Å². The minimum Gasteiger partial charge on any atom is -0.497 e. The van der Waals surface area contributed by atoms with Gasteiger partial charge in [0.2, 0.25) is 5.91 Å². The number of carbonyl (C=O) groups excluding carboxylic acids is 2. The summed E-state index contributed by atoms with van der Waals surface area (Å²) in [6, 6.07) is 14.3. The summed E-state index contributed by atoms with van der Waals surface area (Å²) in [7, 11) is 1.60. The van der Waals surface area contributed by atoms with Gasteiger partial charge in [-0.1, -0.05) is 31.2 Å². The van der Waals surface area contributed by atoms with Gasteiger partial charge < -0.3 is 15.4 Å². The monoisotopic (exact) mass is 326 g/mol. The average molecular weight is 326 g/mol. The van der Waals surface area contributed by atoms with Crippen LogP contribution < -0.4 is 15.4 Å². The summed E-state index contributed by atoms with van der Waals surface area (Å²) >= 11 is 0. The Morgan fingerprint density at radius 3 is 2.42 bits per heavy atom. The highest BCUT2D eigenvalue weighted by Gasteiger charge is 2.12. The van der Waals surface area contributed by atoms with Crippen molar-refractivity contribution in [3.63, 3.8) is 0 Å². The van der Waals surface area contributed by atoms with Crippen molar-refractivity contribution in [2.45, 2.75) is 19.8 Å². The van der Waals surface area contributed by atoms with Gasteiger partial charge in [-0.15, -0.1) is 0 Å². The van der Waals surface area contributed by atoms with Crippen LogP contribution in [0.1, 0.15) is 29.3 Å². The van der Waals surface area contributed by atoms with Gasteiger partial charge in [-0.3, -0.25) is 9.59 Å². The Kier molecular flexibility index (Phi) is 6.37. The molecule has 24 heavy (non-hydrogen) atoms. The van der Waals surface area contributed by atoms with Crippen LogP contribution in [-0.2, 0) is 11.2 Å². The number of ether oxygens (including phenoxy) is 1. The number of hydrogen-bond acceptors (Lipinski definition) is 3. The minimum absolute atomic E-state index is 0.170. The zero-order valence-electron chi connectivity index (χ0n) is 14.0. The van der Waals surface area contributed by atoms with Gasteiger partial charge in [0, 0.05) is 6.54 Å². The van der Waals surface area contributed by atoms with Crippen molar-refractivity contribution in [2.24, 2.45) is 0 Å². The molecule has 0 aromatic heterocycles. The smallest absolute Gasteiger partial charge is 0.253 e.